The van der Waals surface area contributed by atoms with Gasteiger partial charge in [0.1, 0.15) is 0 Å². The zero-order valence-electron chi connectivity index (χ0n) is 11.3. The molecule has 0 atom stereocenters. The Morgan fingerprint density at radius 2 is 2.00 bits per heavy atom. The molecule has 1 amide bonds. The second-order valence-electron chi connectivity index (χ2n) is 4.47. The Morgan fingerprint density at radius 1 is 1.20 bits per heavy atom. The SMILES string of the molecule is CC(C)OC(=O)c1cccc(NC(=O)c2ccco2)c1. The first-order valence-electron chi connectivity index (χ1n) is 6.22. The Bertz CT molecular complexity index is 602. The van der Waals surface area contributed by atoms with Crippen molar-refractivity contribution < 1.29 is 18.7 Å². The summed E-state index contributed by atoms with van der Waals surface area (Å²) in [6.45, 7) is 3.56. The molecular formula is C15H15NO4. The molecule has 0 aliphatic carbocycles. The highest BCUT2D eigenvalue weighted by Gasteiger charge is 2.12. The molecule has 1 aromatic carbocycles. The fraction of sp³-hybridized carbons (Fsp3) is 0.200. The number of benzene rings is 1. The van der Waals surface area contributed by atoms with Gasteiger partial charge in [0.25, 0.3) is 5.91 Å². The molecule has 0 saturated heterocycles. The molecule has 0 saturated carbocycles. The Balaban J connectivity index is 2.10. The zero-order valence-corrected chi connectivity index (χ0v) is 11.3. The molecule has 0 unspecified atom stereocenters. The highest BCUT2D eigenvalue weighted by molar-refractivity contribution is 6.03. The number of hydrogen-bond donors (Lipinski definition) is 1. The van der Waals surface area contributed by atoms with E-state index in [0.717, 1.165) is 0 Å². The van der Waals surface area contributed by atoms with E-state index in [4.69, 9.17) is 9.15 Å². The third-order valence-electron chi connectivity index (χ3n) is 2.44. The van der Waals surface area contributed by atoms with E-state index in [-0.39, 0.29) is 17.8 Å². The molecule has 1 heterocycles. The van der Waals surface area contributed by atoms with Crippen molar-refractivity contribution in [2.45, 2.75) is 20.0 Å². The quantitative estimate of drug-likeness (QED) is 0.869. The van der Waals surface area contributed by atoms with Gasteiger partial charge < -0.3 is 14.5 Å². The molecule has 0 fully saturated rings. The minimum Gasteiger partial charge on any atom is -0.459 e. The number of carbonyl (C=O) groups excluding carboxylic acids is 2. The predicted molar refractivity (Wildman–Crippen MR) is 73.7 cm³/mol. The van der Waals surface area contributed by atoms with Crippen LogP contribution in [-0.4, -0.2) is 18.0 Å². The van der Waals surface area contributed by atoms with Crippen molar-refractivity contribution in [2.75, 3.05) is 5.32 Å². The molecule has 0 radical (unpaired) electrons. The van der Waals surface area contributed by atoms with E-state index in [1.807, 2.05) is 0 Å². The molecule has 2 rings (SSSR count). The predicted octanol–water partition coefficient (Wildman–Crippen LogP) is 3.10. The fourth-order valence-electron chi connectivity index (χ4n) is 1.61. The maximum absolute atomic E-state index is 11.8. The van der Waals surface area contributed by atoms with Gasteiger partial charge in [-0.25, -0.2) is 4.79 Å². The van der Waals surface area contributed by atoms with Crippen molar-refractivity contribution in [3.63, 3.8) is 0 Å². The van der Waals surface area contributed by atoms with Crippen molar-refractivity contribution in [2.24, 2.45) is 0 Å². The van der Waals surface area contributed by atoms with Crippen LogP contribution < -0.4 is 5.32 Å². The number of hydrogen-bond acceptors (Lipinski definition) is 4. The van der Waals surface area contributed by atoms with E-state index in [1.165, 1.54) is 6.26 Å². The molecule has 20 heavy (non-hydrogen) atoms. The van der Waals surface area contributed by atoms with E-state index < -0.39 is 5.97 Å². The van der Waals surface area contributed by atoms with Gasteiger partial charge in [-0.2, -0.15) is 0 Å². The third-order valence-corrected chi connectivity index (χ3v) is 2.44. The number of anilines is 1. The molecule has 0 bridgehead atoms. The summed E-state index contributed by atoms with van der Waals surface area (Å²) in [5, 5.41) is 2.65. The van der Waals surface area contributed by atoms with Crippen molar-refractivity contribution >= 4 is 17.6 Å². The zero-order chi connectivity index (χ0) is 14.5. The molecule has 0 aliphatic rings. The molecular weight excluding hydrogens is 258 g/mol. The standard InChI is InChI=1S/C15H15NO4/c1-10(2)20-15(18)11-5-3-6-12(9-11)16-14(17)13-7-4-8-19-13/h3-10H,1-2H3,(H,16,17). The first-order chi connectivity index (χ1) is 9.56. The highest BCUT2D eigenvalue weighted by atomic mass is 16.5. The van der Waals surface area contributed by atoms with Gasteiger partial charge in [0.2, 0.25) is 0 Å². The number of amides is 1. The number of esters is 1. The third kappa shape index (κ3) is 3.47. The van der Waals surface area contributed by atoms with Gasteiger partial charge in [0, 0.05) is 5.69 Å². The summed E-state index contributed by atoms with van der Waals surface area (Å²) in [6, 6.07) is 9.75. The molecule has 0 aliphatic heterocycles. The molecule has 5 nitrogen and oxygen atoms in total. The van der Waals surface area contributed by atoms with E-state index in [2.05, 4.69) is 5.32 Å². The molecule has 2 aromatic rings. The lowest BCUT2D eigenvalue weighted by Crippen LogP contribution is -2.13. The maximum Gasteiger partial charge on any atom is 0.338 e. The van der Waals surface area contributed by atoms with E-state index in [1.54, 1.807) is 50.2 Å². The topological polar surface area (TPSA) is 68.5 Å². The van der Waals surface area contributed by atoms with E-state index in [9.17, 15) is 9.59 Å². The first-order valence-corrected chi connectivity index (χ1v) is 6.22. The summed E-state index contributed by atoms with van der Waals surface area (Å²) < 4.78 is 10.1. The number of nitrogens with one attached hydrogen (secondary N) is 1. The Morgan fingerprint density at radius 3 is 2.65 bits per heavy atom. The van der Waals surface area contributed by atoms with Crippen LogP contribution in [0.2, 0.25) is 0 Å². The van der Waals surface area contributed by atoms with Crippen molar-refractivity contribution in [3.05, 3.63) is 54.0 Å². The Kier molecular flexibility index (Phi) is 4.20. The normalized spacial score (nSPS) is 10.3. The average molecular weight is 273 g/mol. The molecule has 104 valence electrons. The monoisotopic (exact) mass is 273 g/mol. The van der Waals surface area contributed by atoms with E-state index >= 15 is 0 Å². The highest BCUT2D eigenvalue weighted by Crippen LogP contribution is 2.14. The largest absolute Gasteiger partial charge is 0.459 e. The van der Waals surface area contributed by atoms with Crippen LogP contribution in [0.3, 0.4) is 0 Å². The van der Waals surface area contributed by atoms with Crippen LogP contribution >= 0.6 is 0 Å². The van der Waals surface area contributed by atoms with E-state index in [0.29, 0.717) is 11.3 Å². The minimum absolute atomic E-state index is 0.191. The van der Waals surface area contributed by atoms with Crippen LogP contribution in [0.15, 0.2) is 47.1 Å². The first kappa shape index (κ1) is 13.9. The summed E-state index contributed by atoms with van der Waals surface area (Å²) in [4.78, 5) is 23.6. The number of carbonyl (C=O) groups is 2. The van der Waals surface area contributed by atoms with Gasteiger partial charge in [-0.05, 0) is 44.2 Å². The van der Waals surface area contributed by atoms with Crippen LogP contribution in [0, 0.1) is 0 Å². The number of furan rings is 1. The van der Waals surface area contributed by atoms with Gasteiger partial charge in [0.15, 0.2) is 5.76 Å². The Labute approximate surface area is 116 Å². The lowest BCUT2D eigenvalue weighted by Gasteiger charge is -2.09. The smallest absolute Gasteiger partial charge is 0.338 e. The fourth-order valence-corrected chi connectivity index (χ4v) is 1.61. The second kappa shape index (κ2) is 6.06. The lowest BCUT2D eigenvalue weighted by molar-refractivity contribution is 0.0378. The summed E-state index contributed by atoms with van der Waals surface area (Å²) >= 11 is 0. The summed E-state index contributed by atoms with van der Waals surface area (Å²) in [7, 11) is 0. The Hall–Kier alpha value is -2.56. The molecule has 0 spiro atoms. The summed E-state index contributed by atoms with van der Waals surface area (Å²) in [5.41, 5.74) is 0.889. The summed E-state index contributed by atoms with van der Waals surface area (Å²) in [5.74, 6) is -0.585. The van der Waals surface area contributed by atoms with Gasteiger partial charge in [-0.1, -0.05) is 6.07 Å². The maximum atomic E-state index is 11.8. The van der Waals surface area contributed by atoms with Gasteiger partial charge in [-0.15, -0.1) is 0 Å². The molecule has 1 N–H and O–H groups in total. The van der Waals surface area contributed by atoms with Crippen LogP contribution in [0.25, 0.3) is 0 Å². The number of ether oxygens (including phenoxy) is 1. The van der Waals surface area contributed by atoms with Gasteiger partial charge in [0.05, 0.1) is 17.9 Å². The lowest BCUT2D eigenvalue weighted by atomic mass is 10.2. The molecule has 5 heteroatoms. The van der Waals surface area contributed by atoms with Crippen molar-refractivity contribution in [1.29, 1.82) is 0 Å². The average Bonchev–Trinajstić information content (AvgIpc) is 2.92. The second-order valence-corrected chi connectivity index (χ2v) is 4.47. The van der Waals surface area contributed by atoms with Crippen LogP contribution in [0.5, 0.6) is 0 Å². The van der Waals surface area contributed by atoms with Crippen LogP contribution in [-0.2, 0) is 4.74 Å². The molecule has 1 aromatic heterocycles. The summed E-state index contributed by atoms with van der Waals surface area (Å²) in [6.07, 6.45) is 1.23. The van der Waals surface area contributed by atoms with Crippen molar-refractivity contribution in [3.8, 4) is 0 Å². The van der Waals surface area contributed by atoms with Gasteiger partial charge in [-0.3, -0.25) is 4.79 Å². The van der Waals surface area contributed by atoms with Crippen LogP contribution in [0.4, 0.5) is 5.69 Å². The minimum atomic E-state index is -0.422. The number of rotatable bonds is 4. The van der Waals surface area contributed by atoms with Crippen molar-refractivity contribution in [1.82, 2.24) is 0 Å². The van der Waals surface area contributed by atoms with Gasteiger partial charge >= 0.3 is 5.97 Å². The van der Waals surface area contributed by atoms with Crippen LogP contribution in [0.1, 0.15) is 34.8 Å².